The Kier molecular flexibility index (Phi) is 3.79. The molecule has 0 radical (unpaired) electrons. The summed E-state index contributed by atoms with van der Waals surface area (Å²) < 4.78 is 23.6. The van der Waals surface area contributed by atoms with E-state index in [2.05, 4.69) is 10.8 Å². The zero-order valence-corrected chi connectivity index (χ0v) is 5.93. The molecule has 0 rings (SSSR count). The van der Waals surface area contributed by atoms with Gasteiger partial charge < -0.3 is 4.18 Å². The molecule has 0 aliphatic carbocycles. The number of allylic oxidation sites excluding steroid dienone is 2. The Bertz CT molecular complexity index is 182. The lowest BCUT2D eigenvalue weighted by Gasteiger charge is -1.86. The highest BCUT2D eigenvalue weighted by molar-refractivity contribution is 7.67. The van der Waals surface area contributed by atoms with Gasteiger partial charge in [0.1, 0.15) is 6.26 Å². The fourth-order valence-corrected chi connectivity index (χ4v) is 0.427. The van der Waals surface area contributed by atoms with Crippen molar-refractivity contribution in [2.45, 2.75) is 6.92 Å². The van der Waals surface area contributed by atoms with Gasteiger partial charge in [-0.25, -0.2) is 0 Å². The van der Waals surface area contributed by atoms with Crippen molar-refractivity contribution in [3.63, 3.8) is 0 Å². The van der Waals surface area contributed by atoms with Crippen LogP contribution in [0, 0.1) is 0 Å². The zero-order chi connectivity index (χ0) is 7.28. The first-order valence-electron chi connectivity index (χ1n) is 2.27. The average Bonchev–Trinajstić information content (AvgIpc) is 1.83. The minimum atomic E-state index is -2.76. The van der Waals surface area contributed by atoms with Crippen LogP contribution in [-0.4, -0.2) is 8.42 Å². The Labute approximate surface area is 55.8 Å². The molecule has 0 spiro atoms. The molecule has 0 unspecified atom stereocenters. The van der Waals surface area contributed by atoms with E-state index in [0.717, 1.165) is 6.26 Å². The lowest BCUT2D eigenvalue weighted by atomic mass is 10.3. The van der Waals surface area contributed by atoms with E-state index in [9.17, 15) is 8.42 Å². The van der Waals surface area contributed by atoms with Crippen molar-refractivity contribution >= 4 is 11.0 Å². The van der Waals surface area contributed by atoms with E-state index >= 15 is 0 Å². The third-order valence-corrected chi connectivity index (χ3v) is 0.924. The molecule has 9 heavy (non-hydrogen) atoms. The van der Waals surface area contributed by atoms with Crippen LogP contribution >= 0.6 is 0 Å². The molecule has 0 heterocycles. The standard InChI is InChI=1S/C5H8O3S/c1-3-5(2)4-8-9(6)7/h3-4,9H,1H2,2H3. The number of hydrogen-bond acceptors (Lipinski definition) is 3. The van der Waals surface area contributed by atoms with E-state index in [1.807, 2.05) is 0 Å². The topological polar surface area (TPSA) is 43.4 Å². The second-order valence-corrected chi connectivity index (χ2v) is 2.05. The van der Waals surface area contributed by atoms with Crippen LogP contribution in [-0.2, 0) is 15.2 Å². The van der Waals surface area contributed by atoms with Gasteiger partial charge in [-0.15, -0.1) is 0 Å². The van der Waals surface area contributed by atoms with E-state index in [4.69, 9.17) is 0 Å². The van der Waals surface area contributed by atoms with Gasteiger partial charge in [0.2, 0.25) is 0 Å². The molecule has 0 aliphatic rings. The molecule has 4 heteroatoms. The molecule has 0 aromatic rings. The molecule has 3 nitrogen and oxygen atoms in total. The van der Waals surface area contributed by atoms with Crippen molar-refractivity contribution in [2.24, 2.45) is 0 Å². The fraction of sp³-hybridized carbons (Fsp3) is 0.200. The molecule has 0 aliphatic heterocycles. The summed E-state index contributed by atoms with van der Waals surface area (Å²) in [5.41, 5.74) is 0.675. The Morgan fingerprint density at radius 1 is 1.67 bits per heavy atom. The van der Waals surface area contributed by atoms with Crippen LogP contribution in [0.4, 0.5) is 0 Å². The smallest absolute Gasteiger partial charge is 0.298 e. The molecule has 0 fully saturated rings. The summed E-state index contributed by atoms with van der Waals surface area (Å²) in [6.45, 7) is 5.08. The van der Waals surface area contributed by atoms with Crippen LogP contribution in [0.25, 0.3) is 0 Å². The summed E-state index contributed by atoms with van der Waals surface area (Å²) in [6, 6.07) is 0. The van der Waals surface area contributed by atoms with Crippen molar-refractivity contribution in [2.75, 3.05) is 0 Å². The van der Waals surface area contributed by atoms with Crippen molar-refractivity contribution < 1.29 is 12.6 Å². The molecule has 0 N–H and O–H groups in total. The minimum absolute atomic E-state index is 0.675. The normalized spacial score (nSPS) is 11.6. The Balaban J connectivity index is 3.83. The predicted molar refractivity (Wildman–Crippen MR) is 35.4 cm³/mol. The molecule has 0 bridgehead atoms. The monoisotopic (exact) mass is 148 g/mol. The Hall–Kier alpha value is -0.770. The van der Waals surface area contributed by atoms with Gasteiger partial charge in [0, 0.05) is 0 Å². The molecule has 0 saturated carbocycles. The number of hydrogen-bond donors (Lipinski definition) is 1. The van der Waals surface area contributed by atoms with Crippen LogP contribution < -0.4 is 0 Å². The summed E-state index contributed by atoms with van der Waals surface area (Å²) in [4.78, 5) is 0. The predicted octanol–water partition coefficient (Wildman–Crippen LogP) is 0.619. The van der Waals surface area contributed by atoms with Gasteiger partial charge in [-0.05, 0) is 12.5 Å². The Morgan fingerprint density at radius 3 is 2.56 bits per heavy atom. The van der Waals surface area contributed by atoms with E-state index in [1.165, 1.54) is 6.08 Å². The van der Waals surface area contributed by atoms with Crippen molar-refractivity contribution in [1.82, 2.24) is 0 Å². The maximum Gasteiger partial charge on any atom is 0.298 e. The van der Waals surface area contributed by atoms with E-state index in [0.29, 0.717) is 5.57 Å². The van der Waals surface area contributed by atoms with Crippen LogP contribution in [0.5, 0.6) is 0 Å². The third-order valence-electron chi connectivity index (χ3n) is 0.647. The first kappa shape index (κ1) is 8.23. The number of rotatable bonds is 3. The van der Waals surface area contributed by atoms with Crippen LogP contribution in [0.15, 0.2) is 24.5 Å². The molecule has 0 amide bonds. The molecule has 0 atom stereocenters. The highest BCUT2D eigenvalue weighted by Gasteiger charge is 1.79. The van der Waals surface area contributed by atoms with Crippen LogP contribution in [0.1, 0.15) is 6.92 Å². The van der Waals surface area contributed by atoms with Gasteiger partial charge in [0.05, 0.1) is 0 Å². The maximum absolute atomic E-state index is 9.76. The lowest BCUT2D eigenvalue weighted by molar-refractivity contribution is 0.464. The maximum atomic E-state index is 9.76. The van der Waals surface area contributed by atoms with E-state index in [-0.39, 0.29) is 0 Å². The van der Waals surface area contributed by atoms with Gasteiger partial charge in [0.15, 0.2) is 0 Å². The largest absolute Gasteiger partial charge is 0.392 e. The Morgan fingerprint density at radius 2 is 2.22 bits per heavy atom. The SMILES string of the molecule is C=CC(C)=CO[SH](=O)=O. The van der Waals surface area contributed by atoms with Crippen molar-refractivity contribution in [3.05, 3.63) is 24.5 Å². The highest BCUT2D eigenvalue weighted by Crippen LogP contribution is 1.91. The molecular formula is C5H8O3S. The van der Waals surface area contributed by atoms with Crippen LogP contribution in [0.2, 0.25) is 0 Å². The summed E-state index contributed by atoms with van der Waals surface area (Å²) in [5, 5.41) is 0. The summed E-state index contributed by atoms with van der Waals surface area (Å²) in [7, 11) is -2.76. The second-order valence-electron chi connectivity index (χ2n) is 1.40. The van der Waals surface area contributed by atoms with Gasteiger partial charge in [0.25, 0.3) is 11.0 Å². The van der Waals surface area contributed by atoms with Gasteiger partial charge in [-0.3, -0.25) is 0 Å². The number of thiol groups is 1. The molecule has 0 aromatic heterocycles. The molecule has 0 saturated heterocycles. The van der Waals surface area contributed by atoms with Gasteiger partial charge in [-0.1, -0.05) is 12.7 Å². The first-order chi connectivity index (χ1) is 4.16. The van der Waals surface area contributed by atoms with E-state index in [1.54, 1.807) is 6.92 Å². The third kappa shape index (κ3) is 5.10. The van der Waals surface area contributed by atoms with Crippen molar-refractivity contribution in [3.8, 4) is 0 Å². The molecular weight excluding hydrogens is 140 g/mol. The zero-order valence-electron chi connectivity index (χ0n) is 5.03. The second kappa shape index (κ2) is 4.14. The van der Waals surface area contributed by atoms with Gasteiger partial charge >= 0.3 is 0 Å². The molecule has 0 aromatic carbocycles. The van der Waals surface area contributed by atoms with Crippen molar-refractivity contribution in [1.29, 1.82) is 0 Å². The summed E-state index contributed by atoms with van der Waals surface area (Å²) in [5.74, 6) is 0. The minimum Gasteiger partial charge on any atom is -0.392 e. The summed E-state index contributed by atoms with van der Waals surface area (Å²) >= 11 is 0. The van der Waals surface area contributed by atoms with E-state index < -0.39 is 11.0 Å². The fourth-order valence-electron chi connectivity index (χ4n) is 0.174. The first-order valence-corrected chi connectivity index (χ1v) is 3.36. The van der Waals surface area contributed by atoms with Crippen LogP contribution in [0.3, 0.4) is 0 Å². The molecule has 52 valence electrons. The lowest BCUT2D eigenvalue weighted by Crippen LogP contribution is -1.77. The average molecular weight is 148 g/mol. The summed E-state index contributed by atoms with van der Waals surface area (Å²) in [6.07, 6.45) is 2.62. The highest BCUT2D eigenvalue weighted by atomic mass is 32.2. The quantitative estimate of drug-likeness (QED) is 0.362. The van der Waals surface area contributed by atoms with Gasteiger partial charge in [-0.2, -0.15) is 8.42 Å².